The topological polar surface area (TPSA) is 71.8 Å². The molecule has 8 heterocycles. The maximum atomic E-state index is 7.03. The standard InChI is InChI=1S/C67H41N3O.C65H37N3O/c1-4-18-42(19-5-1)47-36-48(43-20-6-2-7-21-43)38-49(37-47)69-58-29-15-11-24-50(58)54-39-45(32-34-60(54)69)46-33-35-61-55(40-46)51-25-12-16-30-59(51)70(61)62-41-56-64(65-53-27-13-17-31-63(53)71-67(62)65)52-26-10-14-28-57(52)68-66(56)44-22-8-3-9-23-44;1-2-13-41(14-3-1)64-51-37-58(65-63(48-20-7-11-24-59(48)69-65)62(51)46-19-4-8-21-52(46)66-64)68-54-23-10-6-18-45(54)50-36-43(30-34-57(50)68)42-29-33-56-49(35-42)44-17-5-9-22-53(44)67(56)55-32-28-40-26-25-38-15-12-16-39-27-31-47(55)61(40)60(38)39/h1-41H;1-37H. The van der Waals surface area contributed by atoms with Gasteiger partial charge in [-0.15, -0.1) is 0 Å². The number of hydrogen-bond donors (Lipinski definition) is 0. The number of rotatable bonds is 10. The van der Waals surface area contributed by atoms with Gasteiger partial charge in [0.25, 0.3) is 0 Å². The maximum Gasteiger partial charge on any atom is 0.160 e. The highest BCUT2D eigenvalue weighted by Crippen LogP contribution is 2.52. The van der Waals surface area contributed by atoms with Gasteiger partial charge in [-0.1, -0.05) is 340 Å². The first-order valence-electron chi connectivity index (χ1n) is 48.0. The molecule has 0 spiro atoms. The minimum atomic E-state index is 0.854. The van der Waals surface area contributed by atoms with Crippen LogP contribution in [0.25, 0.3) is 297 Å². The number of aromatic nitrogens is 6. The quantitative estimate of drug-likeness (QED) is 0.128. The second kappa shape index (κ2) is 30.4. The minimum Gasteiger partial charge on any atom is -0.454 e. The van der Waals surface area contributed by atoms with E-state index in [2.05, 4.69) is 491 Å². The Morgan fingerprint density at radius 3 is 0.900 bits per heavy atom. The van der Waals surface area contributed by atoms with Crippen LogP contribution in [0.3, 0.4) is 0 Å². The summed E-state index contributed by atoms with van der Waals surface area (Å²) in [6.45, 7) is 0. The van der Waals surface area contributed by atoms with Gasteiger partial charge in [-0.25, -0.2) is 9.97 Å². The Bertz CT molecular complexity index is 10600. The predicted octanol–water partition coefficient (Wildman–Crippen LogP) is 35.9. The molecule has 0 saturated heterocycles. The van der Waals surface area contributed by atoms with Gasteiger partial charge < -0.3 is 27.1 Å². The van der Waals surface area contributed by atoms with E-state index in [1.807, 2.05) is 0 Å². The summed E-state index contributed by atoms with van der Waals surface area (Å²) < 4.78 is 23.8. The van der Waals surface area contributed by atoms with Gasteiger partial charge in [0.1, 0.15) is 11.2 Å². The Kier molecular flexibility index (Phi) is 16.8. The fourth-order valence-corrected chi connectivity index (χ4v) is 23.5. The molecule has 0 radical (unpaired) electrons. The Labute approximate surface area is 801 Å². The summed E-state index contributed by atoms with van der Waals surface area (Å²) in [4.78, 5) is 10.8. The Morgan fingerprint density at radius 2 is 0.479 bits per heavy atom. The van der Waals surface area contributed by atoms with Crippen LogP contribution in [0.2, 0.25) is 0 Å². The predicted molar refractivity (Wildman–Crippen MR) is 587 cm³/mol. The number of furan rings is 2. The second-order valence-corrected chi connectivity index (χ2v) is 37.2. The lowest BCUT2D eigenvalue weighted by molar-refractivity contribution is 0.666. The van der Waals surface area contributed by atoms with Gasteiger partial charge in [-0.2, -0.15) is 0 Å². The molecule has 0 aliphatic rings. The third-order valence-electron chi connectivity index (χ3n) is 29.6. The van der Waals surface area contributed by atoms with Crippen molar-refractivity contribution < 1.29 is 8.83 Å². The molecule has 31 rings (SSSR count). The van der Waals surface area contributed by atoms with E-state index in [-0.39, 0.29) is 0 Å². The average molecular weight is 1780 g/mol. The Hall–Kier alpha value is -18.8. The van der Waals surface area contributed by atoms with Gasteiger partial charge in [0.15, 0.2) is 11.2 Å². The molecule has 0 amide bonds. The molecule has 8 nitrogen and oxygen atoms in total. The maximum absolute atomic E-state index is 7.03. The smallest absolute Gasteiger partial charge is 0.160 e. The molecule has 0 bridgehead atoms. The average Bonchev–Trinajstić information content (AvgIpc) is 1.52. The van der Waals surface area contributed by atoms with Crippen LogP contribution >= 0.6 is 0 Å². The first-order chi connectivity index (χ1) is 69.4. The van der Waals surface area contributed by atoms with E-state index in [0.29, 0.717) is 0 Å². The molecule has 0 unspecified atom stereocenters. The lowest BCUT2D eigenvalue weighted by Crippen LogP contribution is -1.97. The molecule has 140 heavy (non-hydrogen) atoms. The highest BCUT2D eigenvalue weighted by molar-refractivity contribution is 6.33. The SMILES string of the molecule is c1ccc(-c2cc(-c3ccccc3)cc(-n3c4ccccc4c4cc(-c5ccc6c(c5)c5ccccc5n6-c5cc6c(-c7ccccc7)nc7ccccc7c6c6c5oc5ccccc56)ccc43)c2)cc1.c1ccc(-c2nc3ccccc3c3c2cc(-n2c4ccccc4c4cc(-c5ccc6c(c5)c5ccccc5n6-c5ccc6ccc7cccc8ccc5c6c78)ccc42)c2oc4ccccc4c23)cc1. The normalized spacial score (nSPS) is 12.1. The van der Waals surface area contributed by atoms with Crippen molar-refractivity contribution in [3.05, 3.63) is 473 Å². The minimum absolute atomic E-state index is 0.854. The highest BCUT2D eigenvalue weighted by Gasteiger charge is 2.29. The summed E-state index contributed by atoms with van der Waals surface area (Å²) >= 11 is 0. The van der Waals surface area contributed by atoms with Gasteiger partial charge in [-0.3, -0.25) is 0 Å². The van der Waals surface area contributed by atoms with Crippen LogP contribution in [0, 0.1) is 0 Å². The van der Waals surface area contributed by atoms with Crippen molar-refractivity contribution >= 4 is 207 Å². The Morgan fingerprint density at radius 1 is 0.157 bits per heavy atom. The van der Waals surface area contributed by atoms with Crippen molar-refractivity contribution in [1.82, 2.24) is 28.2 Å². The van der Waals surface area contributed by atoms with Crippen LogP contribution in [-0.2, 0) is 0 Å². The molecule has 8 heteroatoms. The summed E-state index contributed by atoms with van der Waals surface area (Å²) in [6.07, 6.45) is 0. The van der Waals surface area contributed by atoms with Crippen molar-refractivity contribution in [2.24, 2.45) is 0 Å². The van der Waals surface area contributed by atoms with Crippen molar-refractivity contribution in [2.75, 3.05) is 0 Å². The number of para-hydroxylation sites is 8. The monoisotopic (exact) mass is 1780 g/mol. The number of fused-ring (bicyclic) bond motifs is 26. The molecular weight excluding hydrogens is 1700 g/mol. The van der Waals surface area contributed by atoms with Crippen LogP contribution in [0.5, 0.6) is 0 Å². The summed E-state index contributed by atoms with van der Waals surface area (Å²) in [7, 11) is 0. The molecule has 23 aromatic carbocycles. The van der Waals surface area contributed by atoms with Crippen molar-refractivity contribution in [3.8, 4) is 89.8 Å². The number of hydrogen-bond acceptors (Lipinski definition) is 4. The van der Waals surface area contributed by atoms with Crippen LogP contribution in [-0.4, -0.2) is 28.2 Å². The molecule has 0 fully saturated rings. The molecule has 31 aromatic rings. The highest BCUT2D eigenvalue weighted by atomic mass is 16.3. The number of pyridine rings is 2. The molecule has 0 saturated carbocycles. The van der Waals surface area contributed by atoms with Crippen LogP contribution in [0.15, 0.2) is 482 Å². The summed E-state index contributed by atoms with van der Waals surface area (Å²) in [5.74, 6) is 0. The third-order valence-corrected chi connectivity index (χ3v) is 29.6. The van der Waals surface area contributed by atoms with Crippen LogP contribution in [0.1, 0.15) is 0 Å². The molecule has 0 aliphatic carbocycles. The van der Waals surface area contributed by atoms with Gasteiger partial charge in [0, 0.05) is 119 Å². The number of benzene rings is 23. The van der Waals surface area contributed by atoms with E-state index in [0.717, 1.165) is 160 Å². The summed E-state index contributed by atoms with van der Waals surface area (Å²) in [6, 6.07) is 172. The number of nitrogens with zero attached hydrogens (tertiary/aromatic N) is 6. The van der Waals surface area contributed by atoms with Gasteiger partial charge in [0.05, 0.1) is 83.6 Å². The van der Waals surface area contributed by atoms with Crippen LogP contribution < -0.4 is 0 Å². The van der Waals surface area contributed by atoms with Crippen molar-refractivity contribution in [1.29, 1.82) is 0 Å². The fraction of sp³-hybridized carbons (Fsp3) is 0. The summed E-state index contributed by atoms with van der Waals surface area (Å²) in [5.41, 5.74) is 32.3. The lowest BCUT2D eigenvalue weighted by Gasteiger charge is -2.16. The lowest BCUT2D eigenvalue weighted by atomic mass is 9.93. The van der Waals surface area contributed by atoms with E-state index in [1.165, 1.54) is 137 Å². The fourth-order valence-electron chi connectivity index (χ4n) is 23.5. The van der Waals surface area contributed by atoms with Crippen LogP contribution in [0.4, 0.5) is 0 Å². The van der Waals surface area contributed by atoms with E-state index in [9.17, 15) is 0 Å². The first kappa shape index (κ1) is 77.7. The molecule has 0 aliphatic heterocycles. The van der Waals surface area contributed by atoms with Gasteiger partial charge >= 0.3 is 0 Å². The molecule has 0 N–H and O–H groups in total. The molecule has 0 atom stereocenters. The zero-order valence-corrected chi connectivity index (χ0v) is 75.5. The van der Waals surface area contributed by atoms with Gasteiger partial charge in [0.2, 0.25) is 0 Å². The zero-order chi connectivity index (χ0) is 91.5. The van der Waals surface area contributed by atoms with Crippen molar-refractivity contribution in [3.63, 3.8) is 0 Å². The largest absolute Gasteiger partial charge is 0.454 e. The van der Waals surface area contributed by atoms with E-state index in [4.69, 9.17) is 18.8 Å². The zero-order valence-electron chi connectivity index (χ0n) is 75.5. The van der Waals surface area contributed by atoms with Gasteiger partial charge in [-0.05, 0) is 205 Å². The molecular formula is C132H78N6O2. The second-order valence-electron chi connectivity index (χ2n) is 37.2. The molecule has 648 valence electrons. The Balaban J connectivity index is 0.000000132. The summed E-state index contributed by atoms with van der Waals surface area (Å²) in [5, 5.41) is 28.4. The van der Waals surface area contributed by atoms with Crippen molar-refractivity contribution in [2.45, 2.75) is 0 Å². The van der Waals surface area contributed by atoms with E-state index in [1.54, 1.807) is 0 Å². The third kappa shape index (κ3) is 11.7. The molecule has 8 aromatic heterocycles. The van der Waals surface area contributed by atoms with E-state index >= 15 is 0 Å². The first-order valence-corrected chi connectivity index (χ1v) is 48.0. The van der Waals surface area contributed by atoms with E-state index < -0.39 is 0 Å².